The number of carbonyl (C=O) groups is 1. The summed E-state index contributed by atoms with van der Waals surface area (Å²) in [5.74, 6) is 2.32. The van der Waals surface area contributed by atoms with Gasteiger partial charge in [-0.3, -0.25) is 4.79 Å². The smallest absolute Gasteiger partial charge is 0.230 e. The van der Waals surface area contributed by atoms with Crippen molar-refractivity contribution in [1.82, 2.24) is 0 Å². The Labute approximate surface area is 217 Å². The van der Waals surface area contributed by atoms with E-state index in [1.807, 2.05) is 26.0 Å². The molecule has 0 aromatic heterocycles. The fourth-order valence-electron chi connectivity index (χ4n) is 4.09. The minimum atomic E-state index is -0.597. The molecule has 0 aliphatic carbocycles. The van der Waals surface area contributed by atoms with Gasteiger partial charge >= 0.3 is 0 Å². The van der Waals surface area contributed by atoms with Crippen molar-refractivity contribution < 1.29 is 23.7 Å². The van der Waals surface area contributed by atoms with Crippen LogP contribution >= 0.6 is 0 Å². The topological polar surface area (TPSA) is 66.0 Å². The van der Waals surface area contributed by atoms with Crippen LogP contribution in [-0.2, 0) is 11.2 Å². The summed E-state index contributed by atoms with van der Waals surface area (Å²) in [7, 11) is 4.67. The molecule has 2 aromatic carbocycles. The molecule has 6 nitrogen and oxygen atoms in total. The molecule has 2 rings (SSSR count). The zero-order chi connectivity index (χ0) is 26.4. The van der Waals surface area contributed by atoms with Crippen molar-refractivity contribution in [2.45, 2.75) is 78.6 Å². The first-order valence-corrected chi connectivity index (χ1v) is 13.2. The van der Waals surface area contributed by atoms with E-state index in [-0.39, 0.29) is 5.91 Å². The third-order valence-electron chi connectivity index (χ3n) is 6.53. The summed E-state index contributed by atoms with van der Waals surface area (Å²) in [6, 6.07) is 11.9. The minimum absolute atomic E-state index is 0.108. The van der Waals surface area contributed by atoms with Crippen molar-refractivity contribution in [3.63, 3.8) is 0 Å². The third-order valence-corrected chi connectivity index (χ3v) is 6.53. The van der Waals surface area contributed by atoms with Crippen molar-refractivity contribution in [3.05, 3.63) is 42.0 Å². The number of methoxy groups -OCH3 is 3. The Kier molecular flexibility index (Phi) is 12.4. The quantitative estimate of drug-likeness (QED) is 0.229. The summed E-state index contributed by atoms with van der Waals surface area (Å²) in [4.78, 5) is 13.1. The van der Waals surface area contributed by atoms with E-state index in [0.717, 1.165) is 18.6 Å². The number of nitrogens with one attached hydrogen (secondary N) is 1. The van der Waals surface area contributed by atoms with Crippen LogP contribution in [0.15, 0.2) is 36.4 Å². The Morgan fingerprint density at radius 3 is 2.00 bits per heavy atom. The summed E-state index contributed by atoms with van der Waals surface area (Å²) in [5.41, 5.74) is 1.26. The molecule has 1 amide bonds. The van der Waals surface area contributed by atoms with Crippen LogP contribution in [0, 0.1) is 5.41 Å². The molecule has 1 N–H and O–H groups in total. The molecule has 2 aromatic rings. The predicted octanol–water partition coefficient (Wildman–Crippen LogP) is 7.44. The van der Waals surface area contributed by atoms with Gasteiger partial charge < -0.3 is 24.3 Å². The van der Waals surface area contributed by atoms with Gasteiger partial charge in [-0.25, -0.2) is 0 Å². The molecule has 0 saturated carbocycles. The van der Waals surface area contributed by atoms with Gasteiger partial charge in [0.2, 0.25) is 5.91 Å². The SMILES string of the molecule is CCCCCCCCc1ccc(OCCCC(C)(C)C(=O)Nc2c(OC)cc(OC)cc2OC)cc1. The van der Waals surface area contributed by atoms with E-state index in [1.165, 1.54) is 44.1 Å². The summed E-state index contributed by atoms with van der Waals surface area (Å²) in [6.45, 7) is 6.67. The molecule has 0 atom stereocenters. The van der Waals surface area contributed by atoms with E-state index in [9.17, 15) is 4.79 Å². The fourth-order valence-corrected chi connectivity index (χ4v) is 4.09. The van der Waals surface area contributed by atoms with Gasteiger partial charge in [0.25, 0.3) is 0 Å². The average molecular weight is 500 g/mol. The Hall–Kier alpha value is -2.89. The van der Waals surface area contributed by atoms with Crippen LogP contribution in [0.3, 0.4) is 0 Å². The molecule has 0 fully saturated rings. The number of hydrogen-bond donors (Lipinski definition) is 1. The van der Waals surface area contributed by atoms with Gasteiger partial charge in [-0.2, -0.15) is 0 Å². The summed E-state index contributed by atoms with van der Waals surface area (Å²) < 4.78 is 22.1. The second-order valence-corrected chi connectivity index (χ2v) is 9.86. The highest BCUT2D eigenvalue weighted by atomic mass is 16.5. The summed E-state index contributed by atoms with van der Waals surface area (Å²) in [6.07, 6.45) is 10.4. The molecule has 0 heterocycles. The fraction of sp³-hybridized carbons (Fsp3) is 0.567. The van der Waals surface area contributed by atoms with Gasteiger partial charge in [-0.05, 0) is 43.4 Å². The molecule has 0 unspecified atom stereocenters. The van der Waals surface area contributed by atoms with Crippen molar-refractivity contribution in [2.24, 2.45) is 5.41 Å². The lowest BCUT2D eigenvalue weighted by atomic mass is 9.86. The predicted molar refractivity (Wildman–Crippen MR) is 147 cm³/mol. The van der Waals surface area contributed by atoms with Crippen LogP contribution in [0.4, 0.5) is 5.69 Å². The lowest BCUT2D eigenvalue weighted by Crippen LogP contribution is -2.31. The van der Waals surface area contributed by atoms with Crippen LogP contribution in [0.5, 0.6) is 23.0 Å². The first-order chi connectivity index (χ1) is 17.3. The molecule has 0 saturated heterocycles. The summed E-state index contributed by atoms with van der Waals surface area (Å²) >= 11 is 0. The summed E-state index contributed by atoms with van der Waals surface area (Å²) in [5, 5.41) is 2.98. The van der Waals surface area contributed by atoms with E-state index in [0.29, 0.717) is 36.0 Å². The second kappa shape index (κ2) is 15.3. The largest absolute Gasteiger partial charge is 0.496 e. The lowest BCUT2D eigenvalue weighted by Gasteiger charge is -2.25. The Bertz CT molecular complexity index is 898. The Morgan fingerprint density at radius 1 is 0.806 bits per heavy atom. The van der Waals surface area contributed by atoms with Crippen LogP contribution in [-0.4, -0.2) is 33.8 Å². The van der Waals surface area contributed by atoms with Crippen molar-refractivity contribution in [1.29, 1.82) is 0 Å². The number of carbonyl (C=O) groups excluding carboxylic acids is 1. The molecule has 36 heavy (non-hydrogen) atoms. The molecule has 200 valence electrons. The van der Waals surface area contributed by atoms with Gasteiger partial charge in [0, 0.05) is 17.5 Å². The number of unbranched alkanes of at least 4 members (excludes halogenated alkanes) is 5. The van der Waals surface area contributed by atoms with Crippen molar-refractivity contribution in [2.75, 3.05) is 33.3 Å². The van der Waals surface area contributed by atoms with Gasteiger partial charge in [-0.15, -0.1) is 0 Å². The van der Waals surface area contributed by atoms with Crippen molar-refractivity contribution in [3.8, 4) is 23.0 Å². The van der Waals surface area contributed by atoms with Crippen LogP contribution in [0.1, 0.15) is 77.7 Å². The molecule has 0 aliphatic heterocycles. The average Bonchev–Trinajstić information content (AvgIpc) is 2.89. The third kappa shape index (κ3) is 9.29. The number of hydrogen-bond acceptors (Lipinski definition) is 5. The molecule has 0 bridgehead atoms. The molecule has 0 spiro atoms. The van der Waals surface area contributed by atoms with E-state index in [1.54, 1.807) is 33.5 Å². The van der Waals surface area contributed by atoms with Crippen LogP contribution in [0.25, 0.3) is 0 Å². The number of ether oxygens (including phenoxy) is 4. The van der Waals surface area contributed by atoms with Crippen LogP contribution < -0.4 is 24.3 Å². The van der Waals surface area contributed by atoms with Crippen molar-refractivity contribution >= 4 is 11.6 Å². The molecule has 6 heteroatoms. The van der Waals surface area contributed by atoms with Gasteiger partial charge in [-0.1, -0.05) is 65.0 Å². The molecular formula is C30H45NO5. The van der Waals surface area contributed by atoms with Gasteiger partial charge in [0.15, 0.2) is 0 Å². The highest BCUT2D eigenvalue weighted by Crippen LogP contribution is 2.40. The van der Waals surface area contributed by atoms with E-state index in [4.69, 9.17) is 18.9 Å². The maximum Gasteiger partial charge on any atom is 0.230 e. The maximum atomic E-state index is 13.1. The Balaban J connectivity index is 1.80. The zero-order valence-electron chi connectivity index (χ0n) is 23.1. The highest BCUT2D eigenvalue weighted by Gasteiger charge is 2.29. The zero-order valence-corrected chi connectivity index (χ0v) is 23.1. The first kappa shape index (κ1) is 29.3. The molecule has 0 aliphatic rings. The minimum Gasteiger partial charge on any atom is -0.496 e. The maximum absolute atomic E-state index is 13.1. The van der Waals surface area contributed by atoms with Gasteiger partial charge in [0.05, 0.1) is 27.9 Å². The normalized spacial score (nSPS) is 11.2. The number of rotatable bonds is 17. The number of anilines is 1. The standard InChI is InChI=1S/C30H45NO5/c1-7-8-9-10-11-12-14-23-15-17-24(18-16-23)36-20-13-19-30(2,3)29(32)31-28-26(34-5)21-25(33-4)22-27(28)35-6/h15-18,21-22H,7-14,19-20H2,1-6H3,(H,31,32). The first-order valence-electron chi connectivity index (χ1n) is 13.2. The monoisotopic (exact) mass is 499 g/mol. The molecule has 0 radical (unpaired) electrons. The molecular weight excluding hydrogens is 454 g/mol. The lowest BCUT2D eigenvalue weighted by molar-refractivity contribution is -0.124. The highest BCUT2D eigenvalue weighted by molar-refractivity contribution is 5.97. The van der Waals surface area contributed by atoms with E-state index >= 15 is 0 Å². The number of aryl methyl sites for hydroxylation is 1. The van der Waals surface area contributed by atoms with Gasteiger partial charge in [0.1, 0.15) is 28.7 Å². The number of amides is 1. The van der Waals surface area contributed by atoms with Crippen LogP contribution in [0.2, 0.25) is 0 Å². The number of benzene rings is 2. The Morgan fingerprint density at radius 2 is 1.42 bits per heavy atom. The van der Waals surface area contributed by atoms with E-state index in [2.05, 4.69) is 24.4 Å². The second-order valence-electron chi connectivity index (χ2n) is 9.86. The van der Waals surface area contributed by atoms with E-state index < -0.39 is 5.41 Å².